The molecule has 0 radical (unpaired) electrons. The molecule has 50 heavy (non-hydrogen) atoms. The highest BCUT2D eigenvalue weighted by Gasteiger charge is 2.60. The quantitative estimate of drug-likeness (QED) is 0.239. The van der Waals surface area contributed by atoms with E-state index in [1.54, 1.807) is 0 Å². The van der Waals surface area contributed by atoms with Gasteiger partial charge in [-0.2, -0.15) is 0 Å². The number of rotatable bonds is 8. The Balaban J connectivity index is 1.43. The minimum Gasteiger partial charge on any atom is -0.493 e. The number of carbonyl (C=O) groups excluding carboxylic acids is 1. The number of aliphatic imine (C=N–C) groups is 1. The normalized spacial score (nSPS) is 23.6. The maximum absolute atomic E-state index is 15.3. The molecule has 3 aliphatic rings. The fourth-order valence-electron chi connectivity index (χ4n) is 7.43. The lowest BCUT2D eigenvalue weighted by Crippen LogP contribution is -2.61. The predicted octanol–water partition coefficient (Wildman–Crippen LogP) is 7.65. The van der Waals surface area contributed by atoms with Crippen molar-refractivity contribution in [1.82, 2.24) is 19.6 Å². The number of hydrogen-bond donors (Lipinski definition) is 0. The Kier molecular flexibility index (Phi) is 10.9. The Labute approximate surface area is 307 Å². The summed E-state index contributed by atoms with van der Waals surface area (Å²) in [7, 11) is 0. The van der Waals surface area contributed by atoms with Crippen molar-refractivity contribution in [3.8, 4) is 5.75 Å². The number of amidine groups is 1. The third-order valence-electron chi connectivity index (χ3n) is 10.8. The lowest BCUT2D eigenvalue weighted by atomic mass is 9.71. The minimum atomic E-state index is -0.947. The molecule has 0 spiro atoms. The summed E-state index contributed by atoms with van der Waals surface area (Å²) in [5.41, 5.74) is 1.88. The first-order valence-corrected chi connectivity index (χ1v) is 18.6. The Bertz CT molecular complexity index is 1680. The number of hydrogen-bond acceptors (Lipinski definition) is 6. The lowest BCUT2D eigenvalue weighted by molar-refractivity contribution is 0.0299. The first-order chi connectivity index (χ1) is 23.8. The van der Waals surface area contributed by atoms with Crippen molar-refractivity contribution in [3.63, 3.8) is 0 Å². The van der Waals surface area contributed by atoms with Gasteiger partial charge in [-0.3, -0.25) is 19.7 Å². The van der Waals surface area contributed by atoms with E-state index in [-0.39, 0.29) is 11.4 Å². The average Bonchev–Trinajstić information content (AvgIpc) is 3.35. The van der Waals surface area contributed by atoms with E-state index in [1.807, 2.05) is 65.3 Å². The second-order valence-corrected chi connectivity index (χ2v) is 15.8. The summed E-state index contributed by atoms with van der Waals surface area (Å²) in [6, 6.07) is 21.9. The molecule has 2 fully saturated rings. The molecule has 0 aliphatic carbocycles. The third kappa shape index (κ3) is 7.15. The average molecular weight is 721 g/mol. The smallest absolute Gasteiger partial charge is 0.326 e. The zero-order valence-electron chi connectivity index (χ0n) is 30.3. The van der Waals surface area contributed by atoms with Gasteiger partial charge in [0.2, 0.25) is 0 Å². The number of nitrogens with zero attached hydrogens (tertiary/aromatic N) is 5. The molecule has 3 aromatic rings. The van der Waals surface area contributed by atoms with Gasteiger partial charge < -0.3 is 14.4 Å². The molecule has 3 aromatic carbocycles. The molecule has 0 aromatic heterocycles. The van der Waals surface area contributed by atoms with Gasteiger partial charge in [0.1, 0.15) is 22.7 Å². The molecule has 8 nitrogen and oxygen atoms in total. The molecule has 0 saturated carbocycles. The van der Waals surface area contributed by atoms with E-state index < -0.39 is 11.1 Å². The van der Waals surface area contributed by atoms with Gasteiger partial charge in [-0.25, -0.2) is 4.79 Å². The van der Waals surface area contributed by atoms with Crippen LogP contribution in [0.1, 0.15) is 63.8 Å². The van der Waals surface area contributed by atoms with Gasteiger partial charge in [-0.1, -0.05) is 74.3 Å². The Morgan fingerprint density at radius 2 is 1.38 bits per heavy atom. The Hall–Kier alpha value is -3.14. The van der Waals surface area contributed by atoms with Crippen LogP contribution in [0.4, 0.5) is 4.79 Å². The predicted molar refractivity (Wildman–Crippen MR) is 203 cm³/mol. The van der Waals surface area contributed by atoms with Crippen LogP contribution >= 0.6 is 23.2 Å². The zero-order chi connectivity index (χ0) is 35.7. The first kappa shape index (κ1) is 36.6. The maximum Gasteiger partial charge on any atom is 0.326 e. The van der Waals surface area contributed by atoms with Gasteiger partial charge in [-0.05, 0) is 79.3 Å². The molecule has 2 amide bonds. The van der Waals surface area contributed by atoms with E-state index in [9.17, 15) is 0 Å². The van der Waals surface area contributed by atoms with Gasteiger partial charge in [-0.15, -0.1) is 0 Å². The largest absolute Gasteiger partial charge is 0.493 e. The molecular formula is C40H51Cl2N5O3. The fourth-order valence-corrected chi connectivity index (χ4v) is 7.68. The van der Waals surface area contributed by atoms with Crippen LogP contribution in [0.15, 0.2) is 71.7 Å². The zero-order valence-corrected chi connectivity index (χ0v) is 31.9. The number of benzene rings is 3. The second-order valence-electron chi connectivity index (χ2n) is 14.9. The summed E-state index contributed by atoms with van der Waals surface area (Å²) >= 11 is 12.9. The van der Waals surface area contributed by atoms with Crippen LogP contribution in [0.3, 0.4) is 0 Å². The van der Waals surface area contributed by atoms with E-state index in [4.69, 9.17) is 37.7 Å². The molecular weight excluding hydrogens is 669 g/mol. The highest BCUT2D eigenvalue weighted by atomic mass is 35.5. The number of urea groups is 1. The Morgan fingerprint density at radius 3 is 1.94 bits per heavy atom. The molecule has 2 atom stereocenters. The van der Waals surface area contributed by atoms with Gasteiger partial charge in [0.15, 0.2) is 0 Å². The SMILES string of the molecule is CCOc1cc(C(C)(C)C)ccc1C1=NC(C)(c2ccc(Cl)cc2)C(C)(c2ccc(Cl)cc2)N1C(=O)N1CCN(CCN2CCOCC2)CC1. The van der Waals surface area contributed by atoms with Crippen LogP contribution < -0.4 is 4.74 Å². The van der Waals surface area contributed by atoms with Crippen molar-refractivity contribution in [2.75, 3.05) is 72.2 Å². The van der Waals surface area contributed by atoms with E-state index in [1.165, 1.54) is 0 Å². The number of halogens is 2. The van der Waals surface area contributed by atoms with Crippen molar-refractivity contribution in [1.29, 1.82) is 0 Å². The topological polar surface area (TPSA) is 60.9 Å². The molecule has 0 N–H and O–H groups in total. The van der Waals surface area contributed by atoms with E-state index in [0.717, 1.165) is 74.7 Å². The van der Waals surface area contributed by atoms with E-state index >= 15 is 4.79 Å². The standard InChI is InChI=1S/C40H51Cl2N5O3/c1-7-50-35-28-31(38(2,3)4)12-17-34(35)36-43-39(5,29-8-13-32(41)14-9-29)40(6,30-10-15-33(42)16-11-30)47(36)37(48)46-22-20-44(21-23-46)18-19-45-24-26-49-27-25-45/h8-17,28H,7,18-27H2,1-6H3. The van der Waals surface area contributed by atoms with Crippen molar-refractivity contribution in [2.45, 2.75) is 58.0 Å². The fraction of sp³-hybridized carbons (Fsp3) is 0.500. The summed E-state index contributed by atoms with van der Waals surface area (Å²) in [5, 5.41) is 1.27. The van der Waals surface area contributed by atoms with E-state index in [0.29, 0.717) is 41.3 Å². The van der Waals surface area contributed by atoms with Crippen LogP contribution in [0, 0.1) is 0 Å². The van der Waals surface area contributed by atoms with Gasteiger partial charge in [0.05, 0.1) is 25.4 Å². The molecule has 6 rings (SSSR count). The summed E-state index contributed by atoms with van der Waals surface area (Å²) in [5.74, 6) is 1.30. The highest BCUT2D eigenvalue weighted by molar-refractivity contribution is 6.30. The molecule has 3 aliphatic heterocycles. The lowest BCUT2D eigenvalue weighted by Gasteiger charge is -2.47. The summed E-state index contributed by atoms with van der Waals surface area (Å²) in [6.45, 7) is 21.7. The first-order valence-electron chi connectivity index (χ1n) is 17.9. The Morgan fingerprint density at radius 1 is 0.820 bits per heavy atom. The molecule has 2 saturated heterocycles. The monoisotopic (exact) mass is 719 g/mol. The molecule has 2 unspecified atom stereocenters. The third-order valence-corrected chi connectivity index (χ3v) is 11.3. The van der Waals surface area contributed by atoms with E-state index in [2.05, 4.69) is 62.6 Å². The van der Waals surface area contributed by atoms with Crippen molar-refractivity contribution in [2.24, 2.45) is 4.99 Å². The molecule has 10 heteroatoms. The van der Waals surface area contributed by atoms with Crippen LogP contribution in [-0.4, -0.2) is 104 Å². The molecule has 3 heterocycles. The summed E-state index contributed by atoms with van der Waals surface area (Å²) in [6.07, 6.45) is 0. The maximum atomic E-state index is 15.3. The minimum absolute atomic E-state index is 0.0749. The van der Waals surface area contributed by atoms with Gasteiger partial charge in [0.25, 0.3) is 0 Å². The van der Waals surface area contributed by atoms with Crippen molar-refractivity contribution in [3.05, 3.63) is 99.0 Å². The number of amides is 2. The van der Waals surface area contributed by atoms with Gasteiger partial charge >= 0.3 is 6.03 Å². The van der Waals surface area contributed by atoms with Crippen LogP contribution in [0.25, 0.3) is 0 Å². The number of morpholine rings is 1. The molecule has 0 bridgehead atoms. The number of ether oxygens (including phenoxy) is 2. The number of carbonyl (C=O) groups is 1. The van der Waals surface area contributed by atoms with Crippen molar-refractivity contribution >= 4 is 35.1 Å². The highest BCUT2D eigenvalue weighted by Crippen LogP contribution is 2.54. The summed E-state index contributed by atoms with van der Waals surface area (Å²) in [4.78, 5) is 29.7. The second kappa shape index (κ2) is 14.8. The summed E-state index contributed by atoms with van der Waals surface area (Å²) < 4.78 is 11.9. The van der Waals surface area contributed by atoms with Crippen LogP contribution in [0.5, 0.6) is 5.75 Å². The van der Waals surface area contributed by atoms with Crippen molar-refractivity contribution < 1.29 is 14.3 Å². The number of piperazine rings is 1. The van der Waals surface area contributed by atoms with Crippen LogP contribution in [0.2, 0.25) is 10.0 Å². The van der Waals surface area contributed by atoms with Gasteiger partial charge in [0, 0.05) is 62.4 Å². The van der Waals surface area contributed by atoms with Crippen LogP contribution in [-0.2, 0) is 21.2 Å². The molecule has 268 valence electrons.